The van der Waals surface area contributed by atoms with Gasteiger partial charge in [0, 0.05) is 37.4 Å². The molecule has 10 heteroatoms. The van der Waals surface area contributed by atoms with Crippen molar-refractivity contribution in [2.75, 3.05) is 52.4 Å². The molecule has 2 saturated heterocycles. The number of anilines is 1. The van der Waals surface area contributed by atoms with Crippen LogP contribution in [-0.2, 0) is 19.0 Å². The van der Waals surface area contributed by atoms with Gasteiger partial charge in [-0.3, -0.25) is 9.69 Å². The molecule has 1 aromatic heterocycles. The number of aromatic nitrogens is 1. The molecule has 1 amide bonds. The maximum atomic E-state index is 13.2. The number of fused-ring (bicyclic) bond motifs is 1. The quantitative estimate of drug-likeness (QED) is 0.605. The molecule has 0 radical (unpaired) electrons. The minimum absolute atomic E-state index is 0.174. The minimum Gasteiger partial charge on any atom is -0.493 e. The minimum atomic E-state index is -0.551. The van der Waals surface area contributed by atoms with Gasteiger partial charge in [-0.25, -0.2) is 4.79 Å². The fourth-order valence-corrected chi connectivity index (χ4v) is 4.44. The second-order valence-corrected chi connectivity index (χ2v) is 8.16. The average Bonchev–Trinajstić information content (AvgIpc) is 3.42. The lowest BCUT2D eigenvalue weighted by atomic mass is 10.0. The topological polar surface area (TPSA) is 111 Å². The fraction of sp³-hybridized carbons (Fsp3) is 0.565. The Labute approximate surface area is 192 Å². The summed E-state index contributed by atoms with van der Waals surface area (Å²) in [4.78, 5) is 31.0. The van der Waals surface area contributed by atoms with Crippen LogP contribution in [0.15, 0.2) is 12.1 Å². The molecular weight excluding hydrogens is 430 g/mol. The van der Waals surface area contributed by atoms with E-state index in [1.165, 1.54) is 14.2 Å². The lowest BCUT2D eigenvalue weighted by Crippen LogP contribution is -2.51. The Morgan fingerprint density at radius 2 is 1.79 bits per heavy atom. The predicted molar refractivity (Wildman–Crippen MR) is 121 cm³/mol. The summed E-state index contributed by atoms with van der Waals surface area (Å²) in [6.07, 6.45) is 1.42. The van der Waals surface area contributed by atoms with E-state index < -0.39 is 17.8 Å². The van der Waals surface area contributed by atoms with Crippen LogP contribution in [0.4, 0.5) is 5.69 Å². The number of piperidine rings is 1. The number of benzene rings is 1. The van der Waals surface area contributed by atoms with Gasteiger partial charge < -0.3 is 34.0 Å². The summed E-state index contributed by atoms with van der Waals surface area (Å²) in [7, 11) is 3.07. The molecule has 0 bridgehead atoms. The molecule has 2 aliphatic rings. The molecule has 1 aromatic carbocycles. The van der Waals surface area contributed by atoms with Gasteiger partial charge in [-0.1, -0.05) is 0 Å². The number of ether oxygens (including phenoxy) is 5. The molecule has 2 fully saturated rings. The number of aromatic amines is 1. The van der Waals surface area contributed by atoms with Gasteiger partial charge in [-0.15, -0.1) is 0 Å². The summed E-state index contributed by atoms with van der Waals surface area (Å²) in [6.45, 7) is 6.38. The van der Waals surface area contributed by atoms with E-state index >= 15 is 0 Å². The summed E-state index contributed by atoms with van der Waals surface area (Å²) < 4.78 is 27.5. The van der Waals surface area contributed by atoms with E-state index in [9.17, 15) is 9.59 Å². The third kappa shape index (κ3) is 4.50. The number of hydrogen-bond donors (Lipinski definition) is 2. The Morgan fingerprint density at radius 3 is 2.39 bits per heavy atom. The molecule has 2 aliphatic heterocycles. The van der Waals surface area contributed by atoms with Crippen LogP contribution in [0.2, 0.25) is 0 Å². The smallest absolute Gasteiger partial charge is 0.356 e. The number of nitrogens with zero attached hydrogens (tertiary/aromatic N) is 1. The second-order valence-electron chi connectivity index (χ2n) is 8.16. The van der Waals surface area contributed by atoms with Crippen molar-refractivity contribution in [3.8, 4) is 11.5 Å². The highest BCUT2D eigenvalue weighted by Gasteiger charge is 2.41. The first kappa shape index (κ1) is 23.3. The van der Waals surface area contributed by atoms with Crippen LogP contribution < -0.4 is 14.8 Å². The van der Waals surface area contributed by atoms with Crippen molar-refractivity contribution in [3.05, 3.63) is 17.8 Å². The number of H-pyrrole nitrogens is 1. The largest absolute Gasteiger partial charge is 0.493 e. The molecule has 33 heavy (non-hydrogen) atoms. The number of carbonyl (C=O) groups is 2. The highest BCUT2D eigenvalue weighted by molar-refractivity contribution is 6.12. The molecule has 0 saturated carbocycles. The first-order valence-corrected chi connectivity index (χ1v) is 11.2. The number of hydrogen-bond acceptors (Lipinski definition) is 8. The Hall–Kier alpha value is -2.82. The second kappa shape index (κ2) is 9.58. The summed E-state index contributed by atoms with van der Waals surface area (Å²) in [5.41, 5.74) is 1.15. The Kier molecular flexibility index (Phi) is 6.78. The van der Waals surface area contributed by atoms with Gasteiger partial charge in [0.15, 0.2) is 17.3 Å². The van der Waals surface area contributed by atoms with Crippen LogP contribution in [0.25, 0.3) is 10.9 Å². The Balaban J connectivity index is 1.58. The number of esters is 1. The van der Waals surface area contributed by atoms with Gasteiger partial charge in [0.1, 0.15) is 5.69 Å². The molecule has 10 nitrogen and oxygen atoms in total. The van der Waals surface area contributed by atoms with Gasteiger partial charge in [-0.2, -0.15) is 0 Å². The van der Waals surface area contributed by atoms with E-state index in [0.29, 0.717) is 67.2 Å². The van der Waals surface area contributed by atoms with Crippen LogP contribution in [0.1, 0.15) is 37.2 Å². The van der Waals surface area contributed by atoms with Gasteiger partial charge in [0.05, 0.1) is 51.3 Å². The van der Waals surface area contributed by atoms with E-state index in [1.807, 2.05) is 6.92 Å². The van der Waals surface area contributed by atoms with Gasteiger partial charge >= 0.3 is 5.97 Å². The highest BCUT2D eigenvalue weighted by Crippen LogP contribution is 2.38. The van der Waals surface area contributed by atoms with Gasteiger partial charge in [-0.05, 0) is 19.9 Å². The van der Waals surface area contributed by atoms with Crippen molar-refractivity contribution < 1.29 is 33.3 Å². The van der Waals surface area contributed by atoms with Crippen LogP contribution in [0.3, 0.4) is 0 Å². The van der Waals surface area contributed by atoms with Crippen molar-refractivity contribution in [1.82, 2.24) is 9.88 Å². The third-order valence-electron chi connectivity index (χ3n) is 6.33. The standard InChI is InChI=1S/C23H31N3O7/c1-5-31-22(28)20-19(15-12-17(29-3)18(30-4)13-16(15)24-20)25-21(27)14(2)26-8-6-23(7-9-26)32-10-11-33-23/h12-14,24H,5-11H2,1-4H3,(H,25,27)/t14-/m0/s1. The zero-order valence-electron chi connectivity index (χ0n) is 19.5. The maximum absolute atomic E-state index is 13.2. The fourth-order valence-electron chi connectivity index (χ4n) is 4.44. The Bertz CT molecular complexity index is 1020. The number of methoxy groups -OCH3 is 2. The molecule has 2 N–H and O–H groups in total. The number of amides is 1. The molecule has 1 spiro atoms. The monoisotopic (exact) mass is 461 g/mol. The lowest BCUT2D eigenvalue weighted by Gasteiger charge is -2.39. The zero-order chi connectivity index (χ0) is 23.6. The molecule has 1 atom stereocenters. The number of likely N-dealkylation sites (tertiary alicyclic amines) is 1. The lowest BCUT2D eigenvalue weighted by molar-refractivity contribution is -0.187. The van der Waals surface area contributed by atoms with Gasteiger partial charge in [0.25, 0.3) is 0 Å². The molecule has 0 aliphatic carbocycles. The van der Waals surface area contributed by atoms with E-state index in [2.05, 4.69) is 15.2 Å². The van der Waals surface area contributed by atoms with Crippen LogP contribution in [0, 0.1) is 0 Å². The van der Waals surface area contributed by atoms with E-state index in [0.717, 1.165) is 0 Å². The number of carbonyl (C=O) groups excluding carboxylic acids is 2. The normalized spacial score (nSPS) is 18.9. The SMILES string of the molecule is CCOC(=O)c1[nH]c2cc(OC)c(OC)cc2c1NC(=O)[C@H](C)N1CCC2(CC1)OCCO2. The van der Waals surface area contributed by atoms with Crippen LogP contribution in [0.5, 0.6) is 11.5 Å². The number of nitrogens with one attached hydrogen (secondary N) is 2. The summed E-state index contributed by atoms with van der Waals surface area (Å²) in [5, 5.41) is 3.57. The molecule has 2 aromatic rings. The summed E-state index contributed by atoms with van der Waals surface area (Å²) in [5.74, 6) is -0.284. The molecule has 3 heterocycles. The molecular formula is C23H31N3O7. The molecule has 180 valence electrons. The van der Waals surface area contributed by atoms with Crippen LogP contribution in [-0.4, -0.2) is 80.7 Å². The van der Waals surface area contributed by atoms with E-state index in [4.69, 9.17) is 23.7 Å². The molecule has 0 unspecified atom stereocenters. The van der Waals surface area contributed by atoms with Crippen molar-refractivity contribution in [2.24, 2.45) is 0 Å². The van der Waals surface area contributed by atoms with Crippen LogP contribution >= 0.6 is 0 Å². The first-order valence-electron chi connectivity index (χ1n) is 11.2. The highest BCUT2D eigenvalue weighted by atomic mass is 16.7. The maximum Gasteiger partial charge on any atom is 0.356 e. The predicted octanol–water partition coefficient (Wildman–Crippen LogP) is 2.53. The van der Waals surface area contributed by atoms with E-state index in [-0.39, 0.29) is 18.2 Å². The number of rotatable bonds is 7. The first-order chi connectivity index (χ1) is 15.9. The third-order valence-corrected chi connectivity index (χ3v) is 6.33. The summed E-state index contributed by atoms with van der Waals surface area (Å²) >= 11 is 0. The van der Waals surface area contributed by atoms with Crippen molar-refractivity contribution in [2.45, 2.75) is 38.5 Å². The van der Waals surface area contributed by atoms with Crippen molar-refractivity contribution >= 4 is 28.5 Å². The van der Waals surface area contributed by atoms with E-state index in [1.54, 1.807) is 19.1 Å². The average molecular weight is 462 g/mol. The van der Waals surface area contributed by atoms with Crippen molar-refractivity contribution in [1.29, 1.82) is 0 Å². The van der Waals surface area contributed by atoms with Crippen molar-refractivity contribution in [3.63, 3.8) is 0 Å². The molecule has 4 rings (SSSR count). The Morgan fingerprint density at radius 1 is 1.15 bits per heavy atom. The van der Waals surface area contributed by atoms with Gasteiger partial charge in [0.2, 0.25) is 5.91 Å². The zero-order valence-corrected chi connectivity index (χ0v) is 19.5. The summed E-state index contributed by atoms with van der Waals surface area (Å²) in [6, 6.07) is 3.04.